The highest BCUT2D eigenvalue weighted by atomic mass is 19.4. The van der Waals surface area contributed by atoms with E-state index in [0.717, 1.165) is 12.1 Å². The fourth-order valence-corrected chi connectivity index (χ4v) is 3.79. The van der Waals surface area contributed by atoms with Crippen molar-refractivity contribution in [1.29, 1.82) is 0 Å². The van der Waals surface area contributed by atoms with Crippen molar-refractivity contribution >= 4 is 23.1 Å². The van der Waals surface area contributed by atoms with Crippen LogP contribution in [-0.4, -0.2) is 49.6 Å². The molecule has 2 heterocycles. The molecule has 2 aromatic carbocycles. The van der Waals surface area contributed by atoms with Gasteiger partial charge in [0.15, 0.2) is 0 Å². The van der Waals surface area contributed by atoms with Gasteiger partial charge in [-0.15, -0.1) is 0 Å². The molecule has 1 saturated heterocycles. The molecule has 1 N–H and O–H groups in total. The molecule has 0 bridgehead atoms. The number of hydrogen-bond donors (Lipinski definition) is 1. The quantitative estimate of drug-likeness (QED) is 0.691. The smallest absolute Gasteiger partial charge is 0.416 e. The number of ether oxygens (including phenoxy) is 2. The summed E-state index contributed by atoms with van der Waals surface area (Å²) in [6.45, 7) is 2.38. The van der Waals surface area contributed by atoms with Gasteiger partial charge >= 0.3 is 6.18 Å². The van der Waals surface area contributed by atoms with Gasteiger partial charge in [0.2, 0.25) is 5.91 Å². The summed E-state index contributed by atoms with van der Waals surface area (Å²) >= 11 is 0. The number of rotatable bonds is 3. The molecular formula is C24H23F3N2O4. The number of carbonyl (C=O) groups excluding carboxylic acids is 2. The van der Waals surface area contributed by atoms with Gasteiger partial charge in [-0.25, -0.2) is 0 Å². The second-order valence-electron chi connectivity index (χ2n) is 7.80. The van der Waals surface area contributed by atoms with E-state index in [-0.39, 0.29) is 18.3 Å². The lowest BCUT2D eigenvalue weighted by atomic mass is 9.99. The Morgan fingerprint density at radius 3 is 2.42 bits per heavy atom. The Kier molecular flexibility index (Phi) is 6.69. The van der Waals surface area contributed by atoms with Gasteiger partial charge in [0, 0.05) is 36.0 Å². The van der Waals surface area contributed by atoms with E-state index in [1.807, 2.05) is 0 Å². The van der Waals surface area contributed by atoms with E-state index in [0.29, 0.717) is 61.5 Å². The number of amides is 2. The third kappa shape index (κ3) is 5.54. The maximum Gasteiger partial charge on any atom is 0.416 e. The van der Waals surface area contributed by atoms with Gasteiger partial charge in [0.05, 0.1) is 25.4 Å². The van der Waals surface area contributed by atoms with Gasteiger partial charge < -0.3 is 19.7 Å². The molecule has 1 fully saturated rings. The van der Waals surface area contributed by atoms with Crippen molar-refractivity contribution in [2.75, 3.05) is 38.2 Å². The zero-order valence-corrected chi connectivity index (χ0v) is 17.8. The molecule has 2 amide bonds. The Bertz CT molecular complexity index is 1060. The van der Waals surface area contributed by atoms with E-state index in [9.17, 15) is 22.8 Å². The maximum absolute atomic E-state index is 13.0. The van der Waals surface area contributed by atoms with Crippen LogP contribution >= 0.6 is 0 Å². The van der Waals surface area contributed by atoms with Crippen molar-refractivity contribution < 1.29 is 32.2 Å². The number of nitrogens with one attached hydrogen (secondary N) is 1. The number of allylic oxidation sites excluding steroid dienone is 1. The number of anilines is 1. The lowest BCUT2D eigenvalue weighted by molar-refractivity contribution is -0.137. The highest BCUT2D eigenvalue weighted by Gasteiger charge is 2.32. The zero-order valence-electron chi connectivity index (χ0n) is 17.8. The third-order valence-electron chi connectivity index (χ3n) is 5.51. The number of morpholine rings is 1. The van der Waals surface area contributed by atoms with Crippen molar-refractivity contribution in [3.63, 3.8) is 0 Å². The Balaban J connectivity index is 1.47. The summed E-state index contributed by atoms with van der Waals surface area (Å²) in [4.78, 5) is 26.8. The molecule has 6 nitrogen and oxygen atoms in total. The first kappa shape index (κ1) is 22.8. The number of alkyl halides is 3. The number of nitrogens with zero attached hydrogens (tertiary/aromatic N) is 1. The standard InChI is InChI=1S/C24H23F3N2O4/c25-24(26,27)18-5-8-20-17(2-1-11-33-21(20)15-18)14-22(30)28-19-6-3-16(4-7-19)23(31)29-9-12-32-13-10-29/h3-8,14-15H,1-2,9-13H2,(H,28,30)/b17-14+. The molecule has 0 unspecified atom stereocenters. The van der Waals surface area contributed by atoms with E-state index in [1.165, 1.54) is 12.1 Å². The highest BCUT2D eigenvalue weighted by Crippen LogP contribution is 2.38. The number of hydrogen-bond acceptors (Lipinski definition) is 4. The summed E-state index contributed by atoms with van der Waals surface area (Å²) in [6.07, 6.45) is -2.01. The Morgan fingerprint density at radius 2 is 1.73 bits per heavy atom. The number of carbonyl (C=O) groups is 2. The van der Waals surface area contributed by atoms with Crippen molar-refractivity contribution in [2.45, 2.75) is 19.0 Å². The Labute approximate surface area is 189 Å². The fourth-order valence-electron chi connectivity index (χ4n) is 3.79. The van der Waals surface area contributed by atoms with Gasteiger partial charge in [0.25, 0.3) is 5.91 Å². The van der Waals surface area contributed by atoms with Gasteiger partial charge in [0.1, 0.15) is 5.75 Å². The molecule has 2 aliphatic rings. The second kappa shape index (κ2) is 9.66. The van der Waals surface area contributed by atoms with Gasteiger partial charge in [-0.2, -0.15) is 13.2 Å². The monoisotopic (exact) mass is 460 g/mol. The largest absolute Gasteiger partial charge is 0.493 e. The SMILES string of the molecule is O=C(/C=C1\CCCOc2cc(C(F)(F)F)ccc21)Nc1ccc(C(=O)N2CCOCC2)cc1. The summed E-state index contributed by atoms with van der Waals surface area (Å²) < 4.78 is 49.8. The minimum absolute atomic E-state index is 0.0911. The summed E-state index contributed by atoms with van der Waals surface area (Å²) in [5, 5.41) is 2.74. The summed E-state index contributed by atoms with van der Waals surface area (Å²) in [6, 6.07) is 9.88. The summed E-state index contributed by atoms with van der Waals surface area (Å²) in [7, 11) is 0. The van der Waals surface area contributed by atoms with Crippen LogP contribution in [-0.2, 0) is 15.7 Å². The molecule has 2 aliphatic heterocycles. The predicted molar refractivity (Wildman–Crippen MR) is 116 cm³/mol. The lowest BCUT2D eigenvalue weighted by Crippen LogP contribution is -2.40. The van der Waals surface area contributed by atoms with E-state index in [4.69, 9.17) is 9.47 Å². The van der Waals surface area contributed by atoms with E-state index >= 15 is 0 Å². The molecule has 174 valence electrons. The molecule has 0 saturated carbocycles. The van der Waals surface area contributed by atoms with Gasteiger partial charge in [-0.05, 0) is 54.8 Å². The number of halogens is 3. The molecule has 0 radical (unpaired) electrons. The predicted octanol–water partition coefficient (Wildman–Crippen LogP) is 4.37. The van der Waals surface area contributed by atoms with Crippen LogP contribution in [0.1, 0.15) is 34.3 Å². The summed E-state index contributed by atoms with van der Waals surface area (Å²) in [5.41, 5.74) is 1.31. The van der Waals surface area contributed by atoms with Crippen LogP contribution in [0.4, 0.5) is 18.9 Å². The molecule has 0 atom stereocenters. The first-order chi connectivity index (χ1) is 15.8. The number of benzene rings is 2. The van der Waals surface area contributed by atoms with Crippen LogP contribution in [0.15, 0.2) is 48.5 Å². The highest BCUT2D eigenvalue weighted by molar-refractivity contribution is 6.04. The fraction of sp³-hybridized carbons (Fsp3) is 0.333. The van der Waals surface area contributed by atoms with E-state index in [1.54, 1.807) is 29.2 Å². The summed E-state index contributed by atoms with van der Waals surface area (Å²) in [5.74, 6) is -0.385. The van der Waals surface area contributed by atoms with Crippen LogP contribution in [0.5, 0.6) is 5.75 Å². The second-order valence-corrected chi connectivity index (χ2v) is 7.80. The van der Waals surface area contributed by atoms with Gasteiger partial charge in [-0.3, -0.25) is 9.59 Å². The molecule has 9 heteroatoms. The van der Waals surface area contributed by atoms with Gasteiger partial charge in [-0.1, -0.05) is 6.07 Å². The maximum atomic E-state index is 13.0. The molecule has 0 spiro atoms. The Morgan fingerprint density at radius 1 is 1.00 bits per heavy atom. The molecule has 33 heavy (non-hydrogen) atoms. The molecule has 0 aliphatic carbocycles. The van der Waals surface area contributed by atoms with E-state index in [2.05, 4.69) is 5.32 Å². The number of fused-ring (bicyclic) bond motifs is 1. The van der Waals surface area contributed by atoms with Crippen LogP contribution in [0.3, 0.4) is 0 Å². The van der Waals surface area contributed by atoms with E-state index < -0.39 is 17.6 Å². The zero-order chi connectivity index (χ0) is 23.4. The normalized spacial score (nSPS) is 17.7. The molecule has 2 aromatic rings. The topological polar surface area (TPSA) is 67.9 Å². The Hall–Kier alpha value is -3.33. The average Bonchev–Trinajstić information content (AvgIpc) is 3.01. The van der Waals surface area contributed by atoms with Crippen molar-refractivity contribution in [2.24, 2.45) is 0 Å². The third-order valence-corrected chi connectivity index (χ3v) is 5.51. The van der Waals surface area contributed by atoms with Crippen molar-refractivity contribution in [3.8, 4) is 5.75 Å². The van der Waals surface area contributed by atoms with Crippen molar-refractivity contribution in [1.82, 2.24) is 4.90 Å². The minimum Gasteiger partial charge on any atom is -0.493 e. The molecular weight excluding hydrogens is 437 g/mol. The van der Waals surface area contributed by atoms with Crippen LogP contribution < -0.4 is 10.1 Å². The first-order valence-corrected chi connectivity index (χ1v) is 10.6. The molecule has 0 aromatic heterocycles. The lowest BCUT2D eigenvalue weighted by Gasteiger charge is -2.26. The molecule has 4 rings (SSSR count). The van der Waals surface area contributed by atoms with Crippen LogP contribution in [0, 0.1) is 0 Å². The minimum atomic E-state index is -4.47. The van der Waals surface area contributed by atoms with Crippen molar-refractivity contribution in [3.05, 3.63) is 65.2 Å². The first-order valence-electron chi connectivity index (χ1n) is 10.6. The average molecular weight is 460 g/mol. The van der Waals surface area contributed by atoms with Crippen LogP contribution in [0.2, 0.25) is 0 Å². The van der Waals surface area contributed by atoms with Crippen LogP contribution in [0.25, 0.3) is 5.57 Å².